The summed E-state index contributed by atoms with van der Waals surface area (Å²) in [6.07, 6.45) is 0.872. The fourth-order valence-electron chi connectivity index (χ4n) is 1.96. The molecule has 0 spiro atoms. The molecule has 18 heavy (non-hydrogen) atoms. The first kappa shape index (κ1) is 12.6. The predicted molar refractivity (Wildman–Crippen MR) is 69.4 cm³/mol. The van der Waals surface area contributed by atoms with Crippen LogP contribution in [0, 0.1) is 0 Å². The number of rotatable bonds is 6. The zero-order chi connectivity index (χ0) is 13.0. The molecule has 4 nitrogen and oxygen atoms in total. The maximum Gasteiger partial charge on any atom is 0.303 e. The summed E-state index contributed by atoms with van der Waals surface area (Å²) in [5.74, 6) is 0.168. The molecule has 0 radical (unpaired) electrons. The third-order valence-electron chi connectivity index (χ3n) is 2.83. The maximum atomic E-state index is 10.4. The fourth-order valence-corrected chi connectivity index (χ4v) is 1.96. The van der Waals surface area contributed by atoms with E-state index in [1.807, 2.05) is 37.4 Å². The molecule has 1 aromatic carbocycles. The molecule has 0 aliphatic heterocycles. The summed E-state index contributed by atoms with van der Waals surface area (Å²) in [5.41, 5.74) is 0.895. The number of hydrogen-bond donors (Lipinski definition) is 1. The smallest absolute Gasteiger partial charge is 0.303 e. The van der Waals surface area contributed by atoms with E-state index in [0.717, 1.165) is 23.3 Å². The molecule has 1 N–H and O–H groups in total. The second-order valence-electron chi connectivity index (χ2n) is 4.49. The van der Waals surface area contributed by atoms with Crippen molar-refractivity contribution in [3.05, 3.63) is 36.1 Å². The van der Waals surface area contributed by atoms with E-state index in [1.54, 1.807) is 0 Å². The van der Waals surface area contributed by atoms with Crippen molar-refractivity contribution in [3.63, 3.8) is 0 Å². The van der Waals surface area contributed by atoms with Crippen LogP contribution in [0.3, 0.4) is 0 Å². The molecule has 2 aromatic rings. The van der Waals surface area contributed by atoms with Gasteiger partial charge in [-0.3, -0.25) is 9.69 Å². The molecule has 0 saturated heterocycles. The zero-order valence-corrected chi connectivity index (χ0v) is 10.4. The minimum Gasteiger partial charge on any atom is -0.481 e. The van der Waals surface area contributed by atoms with Crippen molar-refractivity contribution in [2.75, 3.05) is 13.6 Å². The molecule has 2 rings (SSSR count). The second-order valence-corrected chi connectivity index (χ2v) is 4.49. The largest absolute Gasteiger partial charge is 0.481 e. The first-order chi connectivity index (χ1) is 8.65. The average Bonchev–Trinajstić information content (AvgIpc) is 2.70. The summed E-state index contributed by atoms with van der Waals surface area (Å²) >= 11 is 0. The quantitative estimate of drug-likeness (QED) is 0.852. The van der Waals surface area contributed by atoms with Gasteiger partial charge >= 0.3 is 5.97 Å². The van der Waals surface area contributed by atoms with E-state index in [4.69, 9.17) is 9.52 Å². The highest BCUT2D eigenvalue weighted by Gasteiger charge is 2.07. The summed E-state index contributed by atoms with van der Waals surface area (Å²) in [6.45, 7) is 1.46. The van der Waals surface area contributed by atoms with Crippen LogP contribution in [0.5, 0.6) is 0 Å². The van der Waals surface area contributed by atoms with Crippen molar-refractivity contribution in [2.24, 2.45) is 0 Å². The van der Waals surface area contributed by atoms with Crippen molar-refractivity contribution in [3.8, 4) is 0 Å². The molecular formula is C14H17NO3. The van der Waals surface area contributed by atoms with Gasteiger partial charge in [0.2, 0.25) is 0 Å². The summed E-state index contributed by atoms with van der Waals surface area (Å²) in [5, 5.41) is 9.68. The number of carboxylic acid groups (broad SMARTS) is 1. The van der Waals surface area contributed by atoms with Crippen molar-refractivity contribution in [1.29, 1.82) is 0 Å². The Labute approximate surface area is 106 Å². The van der Waals surface area contributed by atoms with E-state index in [9.17, 15) is 4.79 Å². The van der Waals surface area contributed by atoms with Gasteiger partial charge in [0, 0.05) is 11.8 Å². The lowest BCUT2D eigenvalue weighted by Crippen LogP contribution is -2.19. The third kappa shape index (κ3) is 3.34. The van der Waals surface area contributed by atoms with Crippen molar-refractivity contribution in [1.82, 2.24) is 4.90 Å². The predicted octanol–water partition coefficient (Wildman–Crippen LogP) is 2.73. The van der Waals surface area contributed by atoms with Gasteiger partial charge in [-0.05, 0) is 32.1 Å². The van der Waals surface area contributed by atoms with Crippen LogP contribution in [0.4, 0.5) is 0 Å². The minimum absolute atomic E-state index is 0.213. The van der Waals surface area contributed by atoms with Gasteiger partial charge in [-0.1, -0.05) is 18.2 Å². The topological polar surface area (TPSA) is 53.7 Å². The number of nitrogens with zero attached hydrogens (tertiary/aromatic N) is 1. The number of carbonyl (C=O) groups is 1. The Kier molecular flexibility index (Phi) is 3.99. The molecule has 0 amide bonds. The Balaban J connectivity index is 1.90. The lowest BCUT2D eigenvalue weighted by atomic mass is 10.2. The zero-order valence-electron chi connectivity index (χ0n) is 10.4. The molecule has 0 atom stereocenters. The van der Waals surface area contributed by atoms with E-state index >= 15 is 0 Å². The van der Waals surface area contributed by atoms with Gasteiger partial charge in [0.1, 0.15) is 11.3 Å². The van der Waals surface area contributed by atoms with Gasteiger partial charge < -0.3 is 9.52 Å². The highest BCUT2D eigenvalue weighted by molar-refractivity contribution is 5.77. The first-order valence-electron chi connectivity index (χ1n) is 6.03. The summed E-state index contributed by atoms with van der Waals surface area (Å²) in [7, 11) is 1.97. The normalized spacial score (nSPS) is 11.2. The number of furan rings is 1. The number of aliphatic carboxylic acids is 1. The fraction of sp³-hybridized carbons (Fsp3) is 0.357. The monoisotopic (exact) mass is 247 g/mol. The van der Waals surface area contributed by atoms with Gasteiger partial charge in [-0.25, -0.2) is 0 Å². The van der Waals surface area contributed by atoms with E-state index in [0.29, 0.717) is 13.0 Å². The van der Waals surface area contributed by atoms with Gasteiger partial charge in [0.15, 0.2) is 0 Å². The number of hydrogen-bond acceptors (Lipinski definition) is 3. The average molecular weight is 247 g/mol. The number of fused-ring (bicyclic) bond motifs is 1. The van der Waals surface area contributed by atoms with Gasteiger partial charge in [0.25, 0.3) is 0 Å². The first-order valence-corrected chi connectivity index (χ1v) is 6.03. The lowest BCUT2D eigenvalue weighted by molar-refractivity contribution is -0.137. The van der Waals surface area contributed by atoms with Crippen LogP contribution in [-0.4, -0.2) is 29.6 Å². The van der Waals surface area contributed by atoms with Gasteiger partial charge in [0.05, 0.1) is 6.54 Å². The number of carboxylic acids is 1. The Morgan fingerprint density at radius 1 is 1.39 bits per heavy atom. The van der Waals surface area contributed by atoms with Crippen LogP contribution in [0.1, 0.15) is 18.6 Å². The standard InChI is InChI=1S/C14H17NO3/c1-15(8-4-7-14(16)17)10-12-9-11-5-2-3-6-13(11)18-12/h2-3,5-6,9H,4,7-8,10H2,1H3,(H,16,17). The highest BCUT2D eigenvalue weighted by atomic mass is 16.4. The van der Waals surface area contributed by atoms with Crippen LogP contribution in [0.15, 0.2) is 34.7 Å². The molecule has 0 aliphatic carbocycles. The Morgan fingerprint density at radius 2 is 2.17 bits per heavy atom. The molecule has 0 fully saturated rings. The summed E-state index contributed by atoms with van der Waals surface area (Å²) in [6, 6.07) is 9.93. The van der Waals surface area contributed by atoms with E-state index in [-0.39, 0.29) is 6.42 Å². The number of para-hydroxylation sites is 1. The molecule has 0 saturated carbocycles. The van der Waals surface area contributed by atoms with E-state index in [1.165, 1.54) is 0 Å². The molecule has 1 heterocycles. The van der Waals surface area contributed by atoms with Crippen molar-refractivity contribution >= 4 is 16.9 Å². The molecule has 1 aromatic heterocycles. The van der Waals surface area contributed by atoms with Crippen LogP contribution in [-0.2, 0) is 11.3 Å². The summed E-state index contributed by atoms with van der Waals surface area (Å²) in [4.78, 5) is 12.5. The highest BCUT2D eigenvalue weighted by Crippen LogP contribution is 2.19. The molecule has 4 heteroatoms. The van der Waals surface area contributed by atoms with E-state index < -0.39 is 5.97 Å². The van der Waals surface area contributed by atoms with Gasteiger partial charge in [-0.15, -0.1) is 0 Å². The third-order valence-corrected chi connectivity index (χ3v) is 2.83. The van der Waals surface area contributed by atoms with Crippen LogP contribution >= 0.6 is 0 Å². The Morgan fingerprint density at radius 3 is 2.89 bits per heavy atom. The van der Waals surface area contributed by atoms with Crippen LogP contribution in [0.25, 0.3) is 11.0 Å². The minimum atomic E-state index is -0.743. The maximum absolute atomic E-state index is 10.4. The molecule has 96 valence electrons. The molecule has 0 bridgehead atoms. The number of benzene rings is 1. The Hall–Kier alpha value is -1.81. The molecular weight excluding hydrogens is 230 g/mol. The van der Waals surface area contributed by atoms with Gasteiger partial charge in [-0.2, -0.15) is 0 Å². The SMILES string of the molecule is CN(CCCC(=O)O)Cc1cc2ccccc2o1. The summed E-state index contributed by atoms with van der Waals surface area (Å²) < 4.78 is 5.71. The lowest BCUT2D eigenvalue weighted by Gasteiger charge is -2.13. The molecule has 0 aliphatic rings. The van der Waals surface area contributed by atoms with E-state index in [2.05, 4.69) is 4.90 Å². The van der Waals surface area contributed by atoms with Crippen molar-refractivity contribution in [2.45, 2.75) is 19.4 Å². The second kappa shape index (κ2) is 5.69. The van der Waals surface area contributed by atoms with Crippen molar-refractivity contribution < 1.29 is 14.3 Å². The van der Waals surface area contributed by atoms with Crippen LogP contribution in [0.2, 0.25) is 0 Å². The van der Waals surface area contributed by atoms with Crippen LogP contribution < -0.4 is 0 Å². The molecule has 0 unspecified atom stereocenters. The Bertz CT molecular complexity index is 500.